The van der Waals surface area contributed by atoms with Gasteiger partial charge in [0.2, 0.25) is 0 Å². The van der Waals surface area contributed by atoms with Crippen molar-refractivity contribution in [2.24, 2.45) is 0 Å². The lowest BCUT2D eigenvalue weighted by Crippen LogP contribution is -2.53. The molecule has 2 aliphatic rings. The van der Waals surface area contributed by atoms with Gasteiger partial charge in [0.05, 0.1) is 23.7 Å². The first-order chi connectivity index (χ1) is 8.02. The molecule has 2 aliphatic heterocycles. The summed E-state index contributed by atoms with van der Waals surface area (Å²) in [6.07, 6.45) is 0.457. The lowest BCUT2D eigenvalue weighted by molar-refractivity contribution is 0.0446. The van der Waals surface area contributed by atoms with Gasteiger partial charge in [0.25, 0.3) is 0 Å². The standard InChI is InChI=1S/C11H22N2O3S/c1-2-3-12-4-6-13(7-5-12)10-8-17(15,16)9-11(10)14/h10-11,14H,2-9H2,1H3. The van der Waals surface area contributed by atoms with Crippen LogP contribution in [0.5, 0.6) is 0 Å². The molecule has 2 rings (SSSR count). The van der Waals surface area contributed by atoms with E-state index in [9.17, 15) is 13.5 Å². The molecule has 0 aromatic rings. The van der Waals surface area contributed by atoms with Crippen LogP contribution in [0.15, 0.2) is 0 Å². The number of sulfone groups is 1. The summed E-state index contributed by atoms with van der Waals surface area (Å²) in [4.78, 5) is 4.54. The maximum atomic E-state index is 11.5. The highest BCUT2D eigenvalue weighted by Gasteiger charge is 2.40. The Bertz CT molecular complexity index is 350. The van der Waals surface area contributed by atoms with Crippen LogP contribution in [0.4, 0.5) is 0 Å². The zero-order chi connectivity index (χ0) is 12.5. The third kappa shape index (κ3) is 3.19. The molecule has 0 saturated carbocycles. The lowest BCUT2D eigenvalue weighted by atomic mass is 10.1. The molecule has 6 heteroatoms. The second kappa shape index (κ2) is 5.22. The predicted octanol–water partition coefficient (Wildman–Crippen LogP) is -0.828. The van der Waals surface area contributed by atoms with Gasteiger partial charge in [-0.2, -0.15) is 0 Å². The van der Waals surface area contributed by atoms with Gasteiger partial charge in [-0.3, -0.25) is 4.90 Å². The summed E-state index contributed by atoms with van der Waals surface area (Å²) in [6, 6.07) is -0.177. The summed E-state index contributed by atoms with van der Waals surface area (Å²) in [5.41, 5.74) is 0. The first-order valence-corrected chi connectivity index (χ1v) is 8.19. The van der Waals surface area contributed by atoms with Gasteiger partial charge in [-0.1, -0.05) is 6.92 Å². The molecule has 17 heavy (non-hydrogen) atoms. The molecule has 2 atom stereocenters. The van der Waals surface area contributed by atoms with Crippen LogP contribution in [0.2, 0.25) is 0 Å². The summed E-state index contributed by atoms with van der Waals surface area (Å²) in [7, 11) is -3.02. The smallest absolute Gasteiger partial charge is 0.154 e. The van der Waals surface area contributed by atoms with Crippen molar-refractivity contribution in [3.05, 3.63) is 0 Å². The fraction of sp³-hybridized carbons (Fsp3) is 1.00. The first-order valence-electron chi connectivity index (χ1n) is 6.37. The minimum atomic E-state index is -3.02. The van der Waals surface area contributed by atoms with Crippen LogP contribution in [0, 0.1) is 0 Å². The molecule has 0 spiro atoms. The van der Waals surface area contributed by atoms with E-state index in [1.54, 1.807) is 0 Å². The van der Waals surface area contributed by atoms with Crippen molar-refractivity contribution in [1.29, 1.82) is 0 Å². The van der Waals surface area contributed by atoms with Gasteiger partial charge in [-0.25, -0.2) is 8.42 Å². The normalized spacial score (nSPS) is 35.2. The minimum absolute atomic E-state index is 0.0627. The number of rotatable bonds is 3. The quantitative estimate of drug-likeness (QED) is 0.719. The van der Waals surface area contributed by atoms with Crippen molar-refractivity contribution in [3.63, 3.8) is 0 Å². The van der Waals surface area contributed by atoms with Crippen molar-refractivity contribution in [3.8, 4) is 0 Å². The van der Waals surface area contributed by atoms with Gasteiger partial charge in [0.1, 0.15) is 0 Å². The Morgan fingerprint density at radius 1 is 1.18 bits per heavy atom. The zero-order valence-electron chi connectivity index (χ0n) is 10.4. The van der Waals surface area contributed by atoms with Crippen LogP contribution in [0.3, 0.4) is 0 Å². The number of nitrogens with zero attached hydrogens (tertiary/aromatic N) is 2. The molecule has 100 valence electrons. The van der Waals surface area contributed by atoms with E-state index in [1.807, 2.05) is 0 Å². The van der Waals surface area contributed by atoms with Crippen LogP contribution >= 0.6 is 0 Å². The highest BCUT2D eigenvalue weighted by Crippen LogP contribution is 2.19. The van der Waals surface area contributed by atoms with E-state index in [0.29, 0.717) is 0 Å². The van der Waals surface area contributed by atoms with Crippen molar-refractivity contribution >= 4 is 9.84 Å². The Balaban J connectivity index is 1.89. The molecule has 5 nitrogen and oxygen atoms in total. The van der Waals surface area contributed by atoms with Crippen molar-refractivity contribution in [2.75, 3.05) is 44.2 Å². The third-order valence-electron chi connectivity index (χ3n) is 3.71. The van der Waals surface area contributed by atoms with Gasteiger partial charge in [0.15, 0.2) is 9.84 Å². The van der Waals surface area contributed by atoms with Gasteiger partial charge < -0.3 is 10.0 Å². The number of piperazine rings is 1. The largest absolute Gasteiger partial charge is 0.390 e. The molecule has 2 fully saturated rings. The van der Waals surface area contributed by atoms with E-state index in [4.69, 9.17) is 0 Å². The Morgan fingerprint density at radius 2 is 1.82 bits per heavy atom. The van der Waals surface area contributed by atoms with E-state index in [2.05, 4.69) is 16.7 Å². The summed E-state index contributed by atoms with van der Waals surface area (Å²) >= 11 is 0. The van der Waals surface area contributed by atoms with Crippen LogP contribution in [-0.2, 0) is 9.84 Å². The highest BCUT2D eigenvalue weighted by molar-refractivity contribution is 7.91. The predicted molar refractivity (Wildman–Crippen MR) is 66.8 cm³/mol. The lowest BCUT2D eigenvalue weighted by Gasteiger charge is -2.38. The second-order valence-electron chi connectivity index (χ2n) is 5.09. The maximum absolute atomic E-state index is 11.5. The molecule has 2 saturated heterocycles. The topological polar surface area (TPSA) is 60.9 Å². The van der Waals surface area contributed by atoms with Gasteiger partial charge >= 0.3 is 0 Å². The molecule has 0 aromatic carbocycles. The van der Waals surface area contributed by atoms with E-state index in [0.717, 1.165) is 39.1 Å². The Hall–Kier alpha value is -0.170. The van der Waals surface area contributed by atoms with E-state index in [1.165, 1.54) is 0 Å². The highest BCUT2D eigenvalue weighted by atomic mass is 32.2. The Kier molecular flexibility index (Phi) is 4.07. The molecular formula is C11H22N2O3S. The van der Waals surface area contributed by atoms with Crippen molar-refractivity contribution < 1.29 is 13.5 Å². The van der Waals surface area contributed by atoms with Crippen LogP contribution in [0.1, 0.15) is 13.3 Å². The molecule has 0 radical (unpaired) electrons. The summed E-state index contributed by atoms with van der Waals surface area (Å²) in [5, 5.41) is 9.81. The zero-order valence-corrected chi connectivity index (χ0v) is 11.2. The molecule has 1 N–H and O–H groups in total. The molecular weight excluding hydrogens is 240 g/mol. The average molecular weight is 262 g/mol. The van der Waals surface area contributed by atoms with Gasteiger partial charge in [-0.15, -0.1) is 0 Å². The Morgan fingerprint density at radius 3 is 2.29 bits per heavy atom. The molecule has 0 amide bonds. The fourth-order valence-corrected chi connectivity index (χ4v) is 4.63. The van der Waals surface area contributed by atoms with E-state index >= 15 is 0 Å². The molecule has 2 unspecified atom stereocenters. The number of hydrogen-bond acceptors (Lipinski definition) is 5. The van der Waals surface area contributed by atoms with Gasteiger partial charge in [0, 0.05) is 26.2 Å². The number of aliphatic hydroxyl groups excluding tert-OH is 1. The summed E-state index contributed by atoms with van der Waals surface area (Å²) in [5.74, 6) is 0.0643. The van der Waals surface area contributed by atoms with Crippen molar-refractivity contribution in [2.45, 2.75) is 25.5 Å². The second-order valence-corrected chi connectivity index (χ2v) is 7.24. The minimum Gasteiger partial charge on any atom is -0.390 e. The number of aliphatic hydroxyl groups is 1. The SMILES string of the molecule is CCCN1CCN(C2CS(=O)(=O)CC2O)CC1. The summed E-state index contributed by atoms with van der Waals surface area (Å²) in [6.45, 7) is 6.99. The average Bonchev–Trinajstić information content (AvgIpc) is 2.54. The molecule has 0 bridgehead atoms. The molecule has 0 aliphatic carbocycles. The van der Waals surface area contributed by atoms with Crippen LogP contribution in [0.25, 0.3) is 0 Å². The maximum Gasteiger partial charge on any atom is 0.154 e. The molecule has 2 heterocycles. The van der Waals surface area contributed by atoms with Gasteiger partial charge in [-0.05, 0) is 13.0 Å². The molecule has 0 aromatic heterocycles. The monoisotopic (exact) mass is 262 g/mol. The third-order valence-corrected chi connectivity index (χ3v) is 5.41. The first kappa shape index (κ1) is 13.3. The number of hydrogen-bond donors (Lipinski definition) is 1. The van der Waals surface area contributed by atoms with Crippen LogP contribution in [-0.4, -0.2) is 79.7 Å². The fourth-order valence-electron chi connectivity index (χ4n) is 2.79. The Labute approximate surface area is 103 Å². The van der Waals surface area contributed by atoms with Crippen molar-refractivity contribution in [1.82, 2.24) is 9.80 Å². The van der Waals surface area contributed by atoms with E-state index in [-0.39, 0.29) is 17.5 Å². The summed E-state index contributed by atoms with van der Waals surface area (Å²) < 4.78 is 22.9. The van der Waals surface area contributed by atoms with Crippen LogP contribution < -0.4 is 0 Å². The van der Waals surface area contributed by atoms with E-state index < -0.39 is 15.9 Å².